The molecule has 0 bridgehead atoms. The molecule has 0 aromatic heterocycles. The predicted molar refractivity (Wildman–Crippen MR) is 141 cm³/mol. The molecule has 2 aromatic carbocycles. The van der Waals surface area contributed by atoms with Crippen molar-refractivity contribution in [1.82, 2.24) is 10.2 Å². The van der Waals surface area contributed by atoms with Crippen LogP contribution in [-0.4, -0.2) is 77.5 Å². The molecule has 14 heteroatoms. The normalized spacial score (nSPS) is 25.1. The average Bonchev–Trinajstić information content (AvgIpc) is 3.45. The molecule has 4 atom stereocenters. The summed E-state index contributed by atoms with van der Waals surface area (Å²) in [6.07, 6.45) is -12.2. The molecular weight excluding hydrogens is 586 g/mol. The van der Waals surface area contributed by atoms with Crippen LogP contribution in [0.2, 0.25) is 0 Å². The van der Waals surface area contributed by atoms with Gasteiger partial charge in [-0.3, -0.25) is 4.79 Å². The number of carbonyl (C=O) groups is 1. The number of aliphatic hydroxyl groups excluding tert-OH is 2. The van der Waals surface area contributed by atoms with Crippen LogP contribution >= 0.6 is 0 Å². The second-order valence-corrected chi connectivity index (χ2v) is 10.8. The van der Waals surface area contributed by atoms with E-state index < -0.39 is 60.3 Å². The van der Waals surface area contributed by atoms with E-state index in [-0.39, 0.29) is 37.1 Å². The van der Waals surface area contributed by atoms with Crippen molar-refractivity contribution in [2.75, 3.05) is 26.2 Å². The maximum absolute atomic E-state index is 13.6. The van der Waals surface area contributed by atoms with Crippen LogP contribution in [0.15, 0.2) is 48.5 Å². The maximum Gasteiger partial charge on any atom is 0.573 e. The molecule has 2 aromatic rings. The number of hydrogen-bond acceptors (Lipinski definition) is 7. The van der Waals surface area contributed by atoms with Crippen molar-refractivity contribution < 1.29 is 55.6 Å². The predicted octanol–water partition coefficient (Wildman–Crippen LogP) is 4.17. The number of nitrogens with one attached hydrogen (secondary N) is 1. The van der Waals surface area contributed by atoms with E-state index >= 15 is 0 Å². The highest BCUT2D eigenvalue weighted by Crippen LogP contribution is 2.37. The van der Waals surface area contributed by atoms with Crippen molar-refractivity contribution in [2.45, 2.75) is 75.3 Å². The lowest BCUT2D eigenvalue weighted by Crippen LogP contribution is -2.61. The Bertz CT molecular complexity index is 1220. The van der Waals surface area contributed by atoms with E-state index in [1.807, 2.05) is 0 Å². The Balaban J connectivity index is 1.51. The van der Waals surface area contributed by atoms with E-state index in [2.05, 4.69) is 15.0 Å². The molecule has 43 heavy (non-hydrogen) atoms. The minimum atomic E-state index is -4.90. The van der Waals surface area contributed by atoms with E-state index in [0.29, 0.717) is 6.54 Å². The summed E-state index contributed by atoms with van der Waals surface area (Å²) in [6, 6.07) is 9.43. The number of carbonyl (C=O) groups excluding carboxylic acids is 1. The maximum atomic E-state index is 13.6. The highest BCUT2D eigenvalue weighted by atomic mass is 19.4. The molecule has 0 radical (unpaired) electrons. The van der Waals surface area contributed by atoms with Gasteiger partial charge in [0.2, 0.25) is 0 Å². The fourth-order valence-corrected chi connectivity index (χ4v) is 5.35. The summed E-state index contributed by atoms with van der Waals surface area (Å²) < 4.78 is 93.4. The van der Waals surface area contributed by atoms with E-state index in [0.717, 1.165) is 50.2 Å². The van der Waals surface area contributed by atoms with Gasteiger partial charge in [-0.2, -0.15) is 13.2 Å². The molecular formula is C29H34F6N2O6. The second kappa shape index (κ2) is 13.8. The van der Waals surface area contributed by atoms with Gasteiger partial charge < -0.3 is 34.6 Å². The molecule has 3 N–H and O–H groups in total. The number of halogens is 6. The molecule has 0 spiro atoms. The third-order valence-corrected chi connectivity index (χ3v) is 7.54. The van der Waals surface area contributed by atoms with Gasteiger partial charge in [-0.05, 0) is 61.3 Å². The molecule has 1 unspecified atom stereocenters. The van der Waals surface area contributed by atoms with Gasteiger partial charge in [-0.1, -0.05) is 24.3 Å². The Morgan fingerprint density at radius 3 is 2.30 bits per heavy atom. The molecule has 1 saturated carbocycles. The van der Waals surface area contributed by atoms with Gasteiger partial charge in [0, 0.05) is 25.9 Å². The number of alkyl halides is 6. The van der Waals surface area contributed by atoms with Crippen LogP contribution in [-0.2, 0) is 33.7 Å². The van der Waals surface area contributed by atoms with Crippen LogP contribution in [0.25, 0.3) is 0 Å². The molecule has 1 aliphatic heterocycles. The number of rotatable bonds is 11. The number of likely N-dealkylation sites (tertiary alicyclic amines) is 1. The van der Waals surface area contributed by atoms with Crippen LogP contribution in [0, 0.1) is 0 Å². The third kappa shape index (κ3) is 9.29. The lowest BCUT2D eigenvalue weighted by Gasteiger charge is -2.44. The number of aliphatic hydroxyl groups is 2. The van der Waals surface area contributed by atoms with Crippen LogP contribution in [0.5, 0.6) is 5.75 Å². The highest BCUT2D eigenvalue weighted by Gasteiger charge is 2.51. The van der Waals surface area contributed by atoms with Crippen LogP contribution < -0.4 is 10.1 Å². The van der Waals surface area contributed by atoms with Gasteiger partial charge in [0.25, 0.3) is 5.91 Å². The Kier molecular flexibility index (Phi) is 10.6. The van der Waals surface area contributed by atoms with E-state index in [1.165, 1.54) is 24.3 Å². The fourth-order valence-electron chi connectivity index (χ4n) is 5.35. The van der Waals surface area contributed by atoms with Gasteiger partial charge in [0.05, 0.1) is 31.0 Å². The molecule has 8 nitrogen and oxygen atoms in total. The fraction of sp³-hybridized carbons (Fsp3) is 0.552. The minimum absolute atomic E-state index is 0.138. The summed E-state index contributed by atoms with van der Waals surface area (Å²) in [6.45, 7) is 1.90. The molecule has 4 rings (SSSR count). The highest BCUT2D eigenvalue weighted by molar-refractivity contribution is 5.85. The molecule has 2 fully saturated rings. The smallest absolute Gasteiger partial charge is 0.406 e. The molecule has 1 saturated heterocycles. The van der Waals surface area contributed by atoms with Crippen molar-refractivity contribution in [1.29, 1.82) is 0 Å². The lowest BCUT2D eigenvalue weighted by atomic mass is 9.78. The molecule has 1 aliphatic carbocycles. The van der Waals surface area contributed by atoms with Crippen molar-refractivity contribution in [3.63, 3.8) is 0 Å². The van der Waals surface area contributed by atoms with Crippen molar-refractivity contribution in [3.05, 3.63) is 65.2 Å². The molecule has 1 amide bonds. The number of hydrogen-bond donors (Lipinski definition) is 3. The first kappa shape index (κ1) is 33.0. The Morgan fingerprint density at radius 1 is 0.953 bits per heavy atom. The molecule has 238 valence electrons. The summed E-state index contributed by atoms with van der Waals surface area (Å²) >= 11 is 0. The monoisotopic (exact) mass is 620 g/mol. The Hall–Kier alpha value is -2.91. The number of ether oxygens (including phenoxy) is 3. The first-order valence-electron chi connectivity index (χ1n) is 13.9. The number of benzene rings is 2. The lowest BCUT2D eigenvalue weighted by molar-refractivity contribution is -0.274. The zero-order valence-electron chi connectivity index (χ0n) is 23.2. The molecule has 2 aliphatic rings. The van der Waals surface area contributed by atoms with Gasteiger partial charge in [-0.15, -0.1) is 13.2 Å². The summed E-state index contributed by atoms with van der Waals surface area (Å²) in [5.74, 6) is -1.10. The van der Waals surface area contributed by atoms with Gasteiger partial charge in [0.15, 0.2) is 5.60 Å². The first-order chi connectivity index (χ1) is 20.2. The zero-order chi connectivity index (χ0) is 31.3. The minimum Gasteiger partial charge on any atom is -0.406 e. The molecule has 1 heterocycles. The second-order valence-electron chi connectivity index (χ2n) is 10.8. The van der Waals surface area contributed by atoms with Gasteiger partial charge >= 0.3 is 12.5 Å². The topological polar surface area (TPSA) is 100 Å². The Morgan fingerprint density at radius 2 is 1.63 bits per heavy atom. The average molecular weight is 621 g/mol. The van der Waals surface area contributed by atoms with Crippen LogP contribution in [0.1, 0.15) is 42.4 Å². The number of nitrogens with zero attached hydrogens (tertiary/aromatic N) is 1. The van der Waals surface area contributed by atoms with Gasteiger partial charge in [0.1, 0.15) is 11.9 Å². The Labute approximate surface area is 244 Å². The van der Waals surface area contributed by atoms with Crippen molar-refractivity contribution in [2.24, 2.45) is 0 Å². The quantitative estimate of drug-likeness (QED) is 0.325. The summed E-state index contributed by atoms with van der Waals surface area (Å²) in [5.41, 5.74) is -2.28. The third-order valence-electron chi connectivity index (χ3n) is 7.54. The van der Waals surface area contributed by atoms with Crippen molar-refractivity contribution in [3.8, 4) is 5.75 Å². The summed E-state index contributed by atoms with van der Waals surface area (Å²) in [4.78, 5) is 15.7. The van der Waals surface area contributed by atoms with Crippen LogP contribution in [0.3, 0.4) is 0 Å². The SMILES string of the molecule is O=C(NCCN1CCCC1)[C@@]1(OCc2cccc(C(F)(F)F)c2)CC(OCc2cccc(OC(F)(F)F)c2)[C@H](O)[C@H](O)C1. The zero-order valence-corrected chi connectivity index (χ0v) is 23.2. The van der Waals surface area contributed by atoms with E-state index in [4.69, 9.17) is 9.47 Å². The standard InChI is InChI=1S/C29H34F6N2O6/c30-28(31,32)21-7-3-5-19(13-21)18-42-27(26(40)36-9-12-37-10-1-2-11-37)15-23(38)25(39)24(16-27)41-17-20-6-4-8-22(14-20)43-29(33,34)35/h3-8,13-14,23-25,38-39H,1-2,9-12,15-18H2,(H,36,40)/t23-,24?,25-,27+/m1/s1. The van der Waals surface area contributed by atoms with E-state index in [1.54, 1.807) is 0 Å². The van der Waals surface area contributed by atoms with Crippen LogP contribution in [0.4, 0.5) is 26.3 Å². The largest absolute Gasteiger partial charge is 0.573 e. The van der Waals surface area contributed by atoms with Gasteiger partial charge in [-0.25, -0.2) is 0 Å². The summed E-state index contributed by atoms with van der Waals surface area (Å²) in [5, 5.41) is 24.2. The van der Waals surface area contributed by atoms with E-state index in [9.17, 15) is 41.4 Å². The first-order valence-corrected chi connectivity index (χ1v) is 13.9. The van der Waals surface area contributed by atoms with Crippen molar-refractivity contribution >= 4 is 5.91 Å². The number of amides is 1. The summed E-state index contributed by atoms with van der Waals surface area (Å²) in [7, 11) is 0.